The van der Waals surface area contributed by atoms with Crippen LogP contribution in [0.5, 0.6) is 5.75 Å². The van der Waals surface area contributed by atoms with Crippen LogP contribution in [-0.4, -0.2) is 67.8 Å². The number of rotatable bonds is 8. The molecule has 4 rings (SSSR count). The molecule has 0 spiro atoms. The summed E-state index contributed by atoms with van der Waals surface area (Å²) >= 11 is 0. The zero-order valence-electron chi connectivity index (χ0n) is 19.6. The van der Waals surface area contributed by atoms with Crippen LogP contribution in [0.2, 0.25) is 0 Å². The fraction of sp³-hybridized carbons (Fsp3) is 0.423. The van der Waals surface area contributed by atoms with Gasteiger partial charge in [0.2, 0.25) is 0 Å². The minimum Gasteiger partial charge on any atom is -0.496 e. The van der Waals surface area contributed by atoms with Crippen LogP contribution in [-0.2, 0) is 11.3 Å². The van der Waals surface area contributed by atoms with E-state index < -0.39 is 0 Å². The van der Waals surface area contributed by atoms with Crippen LogP contribution in [0.4, 0.5) is 4.39 Å². The second-order valence-electron chi connectivity index (χ2n) is 8.58. The second-order valence-corrected chi connectivity index (χ2v) is 8.58. The lowest BCUT2D eigenvalue weighted by atomic mass is 9.98. The Morgan fingerprint density at radius 3 is 2.67 bits per heavy atom. The third-order valence-electron chi connectivity index (χ3n) is 6.59. The topological polar surface area (TPSA) is 57.8 Å². The predicted molar refractivity (Wildman–Crippen MR) is 128 cm³/mol. The number of carbonyl (C=O) groups is 1. The average molecular weight is 454 g/mol. The Bertz CT molecular complexity index is 1100. The van der Waals surface area contributed by atoms with E-state index in [1.807, 2.05) is 30.5 Å². The maximum atomic E-state index is 12.8. The van der Waals surface area contributed by atoms with E-state index in [0.29, 0.717) is 12.0 Å². The fourth-order valence-electron chi connectivity index (χ4n) is 4.81. The quantitative estimate of drug-likeness (QED) is 0.510. The highest BCUT2D eigenvalue weighted by atomic mass is 19.1. The number of H-pyrrole nitrogens is 1. The first-order valence-corrected chi connectivity index (χ1v) is 11.4. The SMILES string of the molecule is COC(=O)c1ccc(C2CN(CCCF)CCN2Cc2c(OC)cc(C)c3[nH]ccc23)cc1. The molecule has 1 N–H and O–H groups in total. The normalized spacial score (nSPS) is 17.4. The van der Waals surface area contributed by atoms with E-state index in [1.165, 1.54) is 12.5 Å². The number of aromatic nitrogens is 1. The highest BCUT2D eigenvalue weighted by Gasteiger charge is 2.29. The van der Waals surface area contributed by atoms with Gasteiger partial charge in [-0.1, -0.05) is 12.1 Å². The number of alkyl halides is 1. The number of benzene rings is 2. The van der Waals surface area contributed by atoms with Gasteiger partial charge in [0.1, 0.15) is 5.75 Å². The molecule has 0 aliphatic carbocycles. The van der Waals surface area contributed by atoms with E-state index in [2.05, 4.69) is 33.8 Å². The lowest BCUT2D eigenvalue weighted by molar-refractivity contribution is 0.0599. The summed E-state index contributed by atoms with van der Waals surface area (Å²) in [4.78, 5) is 20.0. The molecule has 1 saturated heterocycles. The van der Waals surface area contributed by atoms with Crippen molar-refractivity contribution < 1.29 is 18.7 Å². The number of hydrogen-bond donors (Lipinski definition) is 1. The number of fused-ring (bicyclic) bond motifs is 1. The van der Waals surface area contributed by atoms with Crippen LogP contribution in [0.25, 0.3) is 10.9 Å². The molecule has 1 aliphatic heterocycles. The highest BCUT2D eigenvalue weighted by molar-refractivity contribution is 5.89. The average Bonchev–Trinajstić information content (AvgIpc) is 3.35. The number of carbonyl (C=O) groups excluding carboxylic acids is 1. The number of esters is 1. The zero-order valence-corrected chi connectivity index (χ0v) is 19.6. The smallest absolute Gasteiger partial charge is 0.337 e. The van der Waals surface area contributed by atoms with Gasteiger partial charge in [0.05, 0.1) is 26.5 Å². The largest absolute Gasteiger partial charge is 0.496 e. The Hall–Kier alpha value is -2.90. The first-order chi connectivity index (χ1) is 16.0. The molecule has 6 nitrogen and oxygen atoms in total. The first-order valence-electron chi connectivity index (χ1n) is 11.4. The molecule has 0 radical (unpaired) electrons. The zero-order chi connectivity index (χ0) is 23.4. The third-order valence-corrected chi connectivity index (χ3v) is 6.59. The summed E-state index contributed by atoms with van der Waals surface area (Å²) in [6, 6.07) is 11.9. The number of piperazine rings is 1. The molecular formula is C26H32FN3O3. The number of aromatic amines is 1. The van der Waals surface area contributed by atoms with E-state index in [0.717, 1.165) is 60.7 Å². The van der Waals surface area contributed by atoms with Crippen LogP contribution >= 0.6 is 0 Å². The van der Waals surface area contributed by atoms with Crippen molar-refractivity contribution in [2.24, 2.45) is 0 Å². The Balaban J connectivity index is 1.66. The summed E-state index contributed by atoms with van der Waals surface area (Å²) in [6.07, 6.45) is 2.52. The molecule has 0 saturated carbocycles. The molecule has 0 bridgehead atoms. The van der Waals surface area contributed by atoms with Crippen LogP contribution in [0.1, 0.15) is 39.5 Å². The van der Waals surface area contributed by atoms with E-state index in [-0.39, 0.29) is 18.7 Å². The molecule has 1 fully saturated rings. The number of hydrogen-bond acceptors (Lipinski definition) is 5. The number of nitrogens with one attached hydrogen (secondary N) is 1. The van der Waals surface area contributed by atoms with Crippen molar-refractivity contribution in [3.8, 4) is 5.75 Å². The lowest BCUT2D eigenvalue weighted by Crippen LogP contribution is -2.48. The molecule has 1 unspecified atom stereocenters. The third kappa shape index (κ3) is 4.89. The summed E-state index contributed by atoms with van der Waals surface area (Å²) in [5, 5.41) is 1.17. The van der Waals surface area contributed by atoms with Gasteiger partial charge in [-0.25, -0.2) is 4.79 Å². The van der Waals surface area contributed by atoms with Crippen LogP contribution in [0.3, 0.4) is 0 Å². The molecule has 2 aromatic carbocycles. The number of methoxy groups -OCH3 is 2. The van der Waals surface area contributed by atoms with E-state index in [4.69, 9.17) is 9.47 Å². The predicted octanol–water partition coefficient (Wildman–Crippen LogP) is 4.49. The van der Waals surface area contributed by atoms with Crippen molar-refractivity contribution in [2.75, 3.05) is 47.1 Å². The van der Waals surface area contributed by atoms with Gasteiger partial charge in [0, 0.05) is 61.4 Å². The lowest BCUT2D eigenvalue weighted by Gasteiger charge is -2.42. The molecule has 3 aromatic rings. The van der Waals surface area contributed by atoms with E-state index in [1.54, 1.807) is 7.11 Å². The van der Waals surface area contributed by atoms with Gasteiger partial charge in [-0.3, -0.25) is 9.29 Å². The van der Waals surface area contributed by atoms with Gasteiger partial charge in [-0.15, -0.1) is 0 Å². The van der Waals surface area contributed by atoms with Gasteiger partial charge < -0.3 is 19.4 Å². The molecule has 176 valence electrons. The first kappa shape index (κ1) is 23.3. The molecule has 7 heteroatoms. The molecule has 1 aliphatic rings. The monoisotopic (exact) mass is 453 g/mol. The maximum absolute atomic E-state index is 12.8. The number of nitrogens with zero attached hydrogens (tertiary/aromatic N) is 2. The maximum Gasteiger partial charge on any atom is 0.337 e. The number of ether oxygens (including phenoxy) is 2. The highest BCUT2D eigenvalue weighted by Crippen LogP contribution is 2.35. The van der Waals surface area contributed by atoms with Gasteiger partial charge >= 0.3 is 5.97 Å². The summed E-state index contributed by atoms with van der Waals surface area (Å²) in [5.74, 6) is 0.546. The fourth-order valence-corrected chi connectivity index (χ4v) is 4.81. The van der Waals surface area contributed by atoms with Crippen LogP contribution < -0.4 is 4.74 Å². The Kier molecular flexibility index (Phi) is 7.30. The van der Waals surface area contributed by atoms with Gasteiger partial charge in [0.25, 0.3) is 0 Å². The van der Waals surface area contributed by atoms with E-state index >= 15 is 0 Å². The van der Waals surface area contributed by atoms with Crippen molar-refractivity contribution in [3.05, 3.63) is 64.8 Å². The van der Waals surface area contributed by atoms with E-state index in [9.17, 15) is 9.18 Å². The summed E-state index contributed by atoms with van der Waals surface area (Å²) in [7, 11) is 3.10. The Morgan fingerprint density at radius 2 is 1.97 bits per heavy atom. The van der Waals surface area contributed by atoms with Crippen molar-refractivity contribution in [1.29, 1.82) is 0 Å². The van der Waals surface area contributed by atoms with Crippen molar-refractivity contribution in [1.82, 2.24) is 14.8 Å². The standard InChI is InChI=1S/C26H32FN3O3/c1-18-15-24(32-2)22(21-9-11-28-25(18)21)16-30-14-13-29(12-4-10-27)17-23(30)19-5-7-20(8-6-19)26(31)33-3/h5-9,11,15,23,28H,4,10,12-14,16-17H2,1-3H3. The number of aryl methyl sites for hydroxylation is 1. The van der Waals surface area contributed by atoms with Crippen molar-refractivity contribution >= 4 is 16.9 Å². The molecule has 1 atom stereocenters. The van der Waals surface area contributed by atoms with Gasteiger partial charge in [-0.05, 0) is 48.7 Å². The summed E-state index contributed by atoms with van der Waals surface area (Å²) < 4.78 is 23.4. The van der Waals surface area contributed by atoms with Crippen LogP contribution in [0, 0.1) is 6.92 Å². The second kappa shape index (κ2) is 10.4. The molecule has 1 aromatic heterocycles. The minimum absolute atomic E-state index is 0.116. The Morgan fingerprint density at radius 1 is 1.18 bits per heavy atom. The molecule has 2 heterocycles. The van der Waals surface area contributed by atoms with Crippen LogP contribution in [0.15, 0.2) is 42.6 Å². The number of halogens is 1. The van der Waals surface area contributed by atoms with Crippen molar-refractivity contribution in [3.63, 3.8) is 0 Å². The molecule has 33 heavy (non-hydrogen) atoms. The molecule has 0 amide bonds. The van der Waals surface area contributed by atoms with Crippen molar-refractivity contribution in [2.45, 2.75) is 25.9 Å². The van der Waals surface area contributed by atoms with Gasteiger partial charge in [-0.2, -0.15) is 0 Å². The van der Waals surface area contributed by atoms with Gasteiger partial charge in [0.15, 0.2) is 0 Å². The minimum atomic E-state index is -0.342. The molecular weight excluding hydrogens is 421 g/mol. The summed E-state index contributed by atoms with van der Waals surface area (Å²) in [5.41, 5.74) is 5.11. The Labute approximate surface area is 194 Å². The summed E-state index contributed by atoms with van der Waals surface area (Å²) in [6.45, 7) is 5.82.